The molecule has 2 saturated carbocycles. The highest BCUT2D eigenvalue weighted by molar-refractivity contribution is 5.01. The molecule has 1 aliphatic heterocycles. The Kier molecular flexibility index (Phi) is 3.92. The molecule has 0 aromatic rings. The zero-order valence-corrected chi connectivity index (χ0v) is 13.0. The van der Waals surface area contributed by atoms with Crippen molar-refractivity contribution in [3.8, 4) is 0 Å². The molecule has 1 saturated heterocycles. The van der Waals surface area contributed by atoms with Crippen LogP contribution in [0.5, 0.6) is 0 Å². The summed E-state index contributed by atoms with van der Waals surface area (Å²) in [5.74, 6) is 2.64. The Morgan fingerprint density at radius 2 is 1.84 bits per heavy atom. The van der Waals surface area contributed by atoms with Crippen molar-refractivity contribution in [3.05, 3.63) is 0 Å². The molecule has 110 valence electrons. The van der Waals surface area contributed by atoms with Crippen LogP contribution in [0.15, 0.2) is 0 Å². The van der Waals surface area contributed by atoms with E-state index in [1.165, 1.54) is 44.9 Å². The van der Waals surface area contributed by atoms with Crippen LogP contribution in [-0.4, -0.2) is 24.3 Å². The molecule has 1 N–H and O–H groups in total. The van der Waals surface area contributed by atoms with E-state index >= 15 is 0 Å². The first-order valence-corrected chi connectivity index (χ1v) is 8.47. The lowest BCUT2D eigenvalue weighted by atomic mass is 9.72. The average molecular weight is 265 g/mol. The summed E-state index contributed by atoms with van der Waals surface area (Å²) in [6.07, 6.45) is 9.87. The lowest BCUT2D eigenvalue weighted by molar-refractivity contribution is -0.0995. The molecule has 19 heavy (non-hydrogen) atoms. The topological polar surface area (TPSA) is 21.3 Å². The van der Waals surface area contributed by atoms with Crippen LogP contribution in [0.25, 0.3) is 0 Å². The molecule has 2 aliphatic carbocycles. The average Bonchev–Trinajstić information content (AvgIpc) is 2.41. The fourth-order valence-electron chi connectivity index (χ4n) is 4.44. The third-order valence-corrected chi connectivity index (χ3v) is 6.07. The summed E-state index contributed by atoms with van der Waals surface area (Å²) in [5, 5.41) is 4.05. The number of nitrogens with one attached hydrogen (secondary N) is 1. The molecule has 3 unspecified atom stereocenters. The maximum absolute atomic E-state index is 6.28. The van der Waals surface area contributed by atoms with Crippen LogP contribution in [0, 0.1) is 17.8 Å². The highest BCUT2D eigenvalue weighted by atomic mass is 16.5. The van der Waals surface area contributed by atoms with Gasteiger partial charge in [0.2, 0.25) is 0 Å². The van der Waals surface area contributed by atoms with Crippen molar-refractivity contribution in [2.45, 2.75) is 83.4 Å². The van der Waals surface area contributed by atoms with Crippen molar-refractivity contribution in [2.75, 3.05) is 6.61 Å². The van der Waals surface area contributed by atoms with E-state index in [1.54, 1.807) is 0 Å². The molecular weight excluding hydrogens is 234 g/mol. The molecule has 0 bridgehead atoms. The summed E-state index contributed by atoms with van der Waals surface area (Å²) in [4.78, 5) is 0. The minimum Gasteiger partial charge on any atom is -0.375 e. The van der Waals surface area contributed by atoms with Crippen LogP contribution < -0.4 is 5.32 Å². The van der Waals surface area contributed by atoms with Crippen LogP contribution in [0.3, 0.4) is 0 Å². The molecule has 0 aromatic heterocycles. The molecule has 3 aliphatic rings. The fourth-order valence-corrected chi connectivity index (χ4v) is 4.44. The number of rotatable bonds is 1. The van der Waals surface area contributed by atoms with Crippen molar-refractivity contribution in [1.29, 1.82) is 0 Å². The van der Waals surface area contributed by atoms with Gasteiger partial charge in [-0.2, -0.15) is 0 Å². The molecule has 3 atom stereocenters. The first kappa shape index (κ1) is 13.9. The molecule has 3 fully saturated rings. The largest absolute Gasteiger partial charge is 0.375 e. The Hall–Kier alpha value is -0.0800. The van der Waals surface area contributed by atoms with Gasteiger partial charge in [-0.15, -0.1) is 0 Å². The van der Waals surface area contributed by atoms with Crippen molar-refractivity contribution < 1.29 is 4.74 Å². The second kappa shape index (κ2) is 5.37. The lowest BCUT2D eigenvalue weighted by Gasteiger charge is -2.51. The van der Waals surface area contributed by atoms with Crippen molar-refractivity contribution in [2.24, 2.45) is 17.8 Å². The third kappa shape index (κ3) is 2.85. The number of ether oxygens (including phenoxy) is 1. The number of hydrogen-bond donors (Lipinski definition) is 1. The summed E-state index contributed by atoms with van der Waals surface area (Å²) in [7, 11) is 0. The summed E-state index contributed by atoms with van der Waals surface area (Å²) >= 11 is 0. The van der Waals surface area contributed by atoms with E-state index in [0.29, 0.717) is 17.7 Å². The van der Waals surface area contributed by atoms with Gasteiger partial charge in [0.25, 0.3) is 0 Å². The van der Waals surface area contributed by atoms with E-state index in [2.05, 4.69) is 26.1 Å². The minimum atomic E-state index is 0.326. The quantitative estimate of drug-likeness (QED) is 0.779. The van der Waals surface area contributed by atoms with Crippen LogP contribution in [0.4, 0.5) is 0 Å². The smallest absolute Gasteiger partial charge is 0.0729 e. The van der Waals surface area contributed by atoms with Gasteiger partial charge in [-0.25, -0.2) is 0 Å². The minimum absolute atomic E-state index is 0.326. The normalized spacial score (nSPS) is 47.4. The second-order valence-electron chi connectivity index (χ2n) is 7.88. The SMILES string of the molecule is CC1CCC2(CC1)COC1CCC(C(C)C)CC1N2. The molecule has 2 nitrogen and oxygen atoms in total. The fraction of sp³-hybridized carbons (Fsp3) is 1.00. The molecule has 1 heterocycles. The van der Waals surface area contributed by atoms with Crippen LogP contribution in [0.2, 0.25) is 0 Å². The summed E-state index contributed by atoms with van der Waals surface area (Å²) in [6.45, 7) is 8.13. The van der Waals surface area contributed by atoms with Gasteiger partial charge >= 0.3 is 0 Å². The van der Waals surface area contributed by atoms with Crippen LogP contribution in [-0.2, 0) is 4.74 Å². The number of hydrogen-bond acceptors (Lipinski definition) is 2. The monoisotopic (exact) mass is 265 g/mol. The molecule has 0 amide bonds. The van der Waals surface area contributed by atoms with E-state index in [9.17, 15) is 0 Å². The summed E-state index contributed by atoms with van der Waals surface area (Å²) < 4.78 is 6.28. The van der Waals surface area contributed by atoms with E-state index in [4.69, 9.17) is 4.74 Å². The Bertz CT molecular complexity index is 306. The van der Waals surface area contributed by atoms with Crippen molar-refractivity contribution in [3.63, 3.8) is 0 Å². The van der Waals surface area contributed by atoms with Gasteiger partial charge < -0.3 is 10.1 Å². The Morgan fingerprint density at radius 1 is 1.11 bits per heavy atom. The third-order valence-electron chi connectivity index (χ3n) is 6.07. The predicted molar refractivity (Wildman–Crippen MR) is 79.2 cm³/mol. The van der Waals surface area contributed by atoms with Crippen molar-refractivity contribution >= 4 is 0 Å². The maximum atomic E-state index is 6.28. The van der Waals surface area contributed by atoms with Gasteiger partial charge in [0.05, 0.1) is 12.7 Å². The van der Waals surface area contributed by atoms with Crippen LogP contribution >= 0.6 is 0 Å². The molecule has 0 radical (unpaired) electrons. The Balaban J connectivity index is 1.64. The molecular formula is C17H31NO. The van der Waals surface area contributed by atoms with E-state index < -0.39 is 0 Å². The van der Waals surface area contributed by atoms with Crippen molar-refractivity contribution in [1.82, 2.24) is 5.32 Å². The van der Waals surface area contributed by atoms with E-state index in [1.807, 2.05) is 0 Å². The van der Waals surface area contributed by atoms with E-state index in [0.717, 1.165) is 24.4 Å². The first-order chi connectivity index (χ1) is 9.08. The van der Waals surface area contributed by atoms with E-state index in [-0.39, 0.29) is 0 Å². The highest BCUT2D eigenvalue weighted by Crippen LogP contribution is 2.40. The van der Waals surface area contributed by atoms with Gasteiger partial charge in [0.15, 0.2) is 0 Å². The zero-order chi connectivity index (χ0) is 13.5. The van der Waals surface area contributed by atoms with Gasteiger partial charge in [-0.1, -0.05) is 20.8 Å². The second-order valence-corrected chi connectivity index (χ2v) is 7.88. The van der Waals surface area contributed by atoms with Gasteiger partial charge in [0, 0.05) is 11.6 Å². The Morgan fingerprint density at radius 3 is 2.53 bits per heavy atom. The lowest BCUT2D eigenvalue weighted by Crippen LogP contribution is -2.64. The maximum Gasteiger partial charge on any atom is 0.0729 e. The molecule has 2 heteroatoms. The van der Waals surface area contributed by atoms with Gasteiger partial charge in [-0.3, -0.25) is 0 Å². The molecule has 3 rings (SSSR count). The predicted octanol–water partition coefficient (Wildman–Crippen LogP) is 3.75. The van der Waals surface area contributed by atoms with Gasteiger partial charge in [0.1, 0.15) is 0 Å². The number of morpholine rings is 1. The first-order valence-electron chi connectivity index (χ1n) is 8.47. The molecule has 0 aromatic carbocycles. The Labute approximate surface area is 118 Å². The highest BCUT2D eigenvalue weighted by Gasteiger charge is 2.44. The zero-order valence-electron chi connectivity index (χ0n) is 13.0. The van der Waals surface area contributed by atoms with Crippen LogP contribution in [0.1, 0.15) is 65.7 Å². The standard InChI is InChI=1S/C17H31NO/c1-12(2)14-4-5-16-15(10-14)18-17(11-19-16)8-6-13(3)7-9-17/h12-16,18H,4-11H2,1-3H3. The van der Waals surface area contributed by atoms with Gasteiger partial charge in [-0.05, 0) is 62.7 Å². The number of fused-ring (bicyclic) bond motifs is 1. The molecule has 1 spiro atoms. The summed E-state index contributed by atoms with van der Waals surface area (Å²) in [6, 6.07) is 0.628. The summed E-state index contributed by atoms with van der Waals surface area (Å²) in [5.41, 5.74) is 0.326.